The molecule has 0 aliphatic heterocycles. The third kappa shape index (κ3) is 6.39. The molecule has 1 N–H and O–H groups in total. The Kier molecular flexibility index (Phi) is 8.36. The summed E-state index contributed by atoms with van der Waals surface area (Å²) in [5.74, 6) is 0.918. The SMILES string of the molecule is Cc1ccc(COc2ccc(Br)cc2CNC(C)c2ccccc2)cc1.Cl. The largest absolute Gasteiger partial charge is 0.489 e. The monoisotopic (exact) mass is 445 g/mol. The molecule has 0 saturated carbocycles. The minimum absolute atomic E-state index is 0. The molecule has 3 aromatic carbocycles. The lowest BCUT2D eigenvalue weighted by Gasteiger charge is -2.17. The molecule has 3 rings (SSSR count). The van der Waals surface area contributed by atoms with E-state index >= 15 is 0 Å². The molecule has 0 heterocycles. The molecule has 0 spiro atoms. The van der Waals surface area contributed by atoms with Crippen LogP contribution in [0.1, 0.15) is 35.2 Å². The van der Waals surface area contributed by atoms with Gasteiger partial charge in [-0.25, -0.2) is 0 Å². The van der Waals surface area contributed by atoms with E-state index in [2.05, 4.69) is 89.7 Å². The van der Waals surface area contributed by atoms with E-state index in [1.165, 1.54) is 16.7 Å². The Balaban J connectivity index is 0.00000261. The lowest BCUT2D eigenvalue weighted by molar-refractivity contribution is 0.301. The maximum Gasteiger partial charge on any atom is 0.124 e. The number of aryl methyl sites for hydroxylation is 1. The Morgan fingerprint density at radius 1 is 0.963 bits per heavy atom. The number of halogens is 2. The van der Waals surface area contributed by atoms with Gasteiger partial charge in [0.1, 0.15) is 12.4 Å². The summed E-state index contributed by atoms with van der Waals surface area (Å²) >= 11 is 3.57. The number of nitrogens with one attached hydrogen (secondary N) is 1. The Bertz CT molecular complexity index is 837. The summed E-state index contributed by atoms with van der Waals surface area (Å²) in [6.07, 6.45) is 0. The second kappa shape index (κ2) is 10.5. The Morgan fingerprint density at radius 3 is 2.37 bits per heavy atom. The second-order valence-corrected chi connectivity index (χ2v) is 7.46. The molecule has 1 unspecified atom stereocenters. The Labute approximate surface area is 176 Å². The normalized spacial score (nSPS) is 11.5. The molecule has 0 radical (unpaired) electrons. The summed E-state index contributed by atoms with van der Waals surface area (Å²) < 4.78 is 7.15. The van der Waals surface area contributed by atoms with E-state index < -0.39 is 0 Å². The van der Waals surface area contributed by atoms with Crippen molar-refractivity contribution < 1.29 is 4.74 Å². The molecule has 0 aromatic heterocycles. The van der Waals surface area contributed by atoms with Crippen molar-refractivity contribution in [2.75, 3.05) is 0 Å². The van der Waals surface area contributed by atoms with Crippen LogP contribution in [0.25, 0.3) is 0 Å². The van der Waals surface area contributed by atoms with Crippen molar-refractivity contribution in [3.05, 3.63) is 99.5 Å². The highest BCUT2D eigenvalue weighted by atomic mass is 79.9. The van der Waals surface area contributed by atoms with Gasteiger partial charge in [-0.3, -0.25) is 0 Å². The van der Waals surface area contributed by atoms with Crippen LogP contribution in [0.5, 0.6) is 5.75 Å². The van der Waals surface area contributed by atoms with Gasteiger partial charge in [-0.2, -0.15) is 0 Å². The van der Waals surface area contributed by atoms with Crippen molar-refractivity contribution in [1.82, 2.24) is 5.32 Å². The number of hydrogen-bond acceptors (Lipinski definition) is 2. The fraction of sp³-hybridized carbons (Fsp3) is 0.217. The number of hydrogen-bond donors (Lipinski definition) is 1. The Hall–Kier alpha value is -1.81. The van der Waals surface area contributed by atoms with Crippen LogP contribution in [0.4, 0.5) is 0 Å². The first-order valence-electron chi connectivity index (χ1n) is 8.87. The van der Waals surface area contributed by atoms with Gasteiger partial charge in [0.15, 0.2) is 0 Å². The van der Waals surface area contributed by atoms with Crippen LogP contribution < -0.4 is 10.1 Å². The highest BCUT2D eigenvalue weighted by molar-refractivity contribution is 9.10. The summed E-state index contributed by atoms with van der Waals surface area (Å²) in [6, 6.07) is 25.4. The summed E-state index contributed by atoms with van der Waals surface area (Å²) in [5, 5.41) is 3.59. The van der Waals surface area contributed by atoms with Crippen LogP contribution in [0.3, 0.4) is 0 Å². The first kappa shape index (κ1) is 21.5. The van der Waals surface area contributed by atoms with Gasteiger partial charge in [-0.1, -0.05) is 76.1 Å². The molecule has 0 bridgehead atoms. The van der Waals surface area contributed by atoms with Gasteiger partial charge >= 0.3 is 0 Å². The van der Waals surface area contributed by atoms with Gasteiger partial charge < -0.3 is 10.1 Å². The van der Waals surface area contributed by atoms with E-state index in [-0.39, 0.29) is 18.4 Å². The summed E-state index contributed by atoms with van der Waals surface area (Å²) in [7, 11) is 0. The first-order chi connectivity index (χ1) is 12.6. The van der Waals surface area contributed by atoms with E-state index in [4.69, 9.17) is 4.74 Å². The van der Waals surface area contributed by atoms with Gasteiger partial charge in [-0.15, -0.1) is 12.4 Å². The van der Waals surface area contributed by atoms with Gasteiger partial charge in [0.25, 0.3) is 0 Å². The zero-order valence-electron chi connectivity index (χ0n) is 15.6. The summed E-state index contributed by atoms with van der Waals surface area (Å²) in [5.41, 5.74) is 4.87. The molecule has 0 fully saturated rings. The van der Waals surface area contributed by atoms with Crippen LogP contribution in [0.2, 0.25) is 0 Å². The van der Waals surface area contributed by atoms with Crippen molar-refractivity contribution in [3.63, 3.8) is 0 Å². The van der Waals surface area contributed by atoms with Crippen molar-refractivity contribution in [2.24, 2.45) is 0 Å². The van der Waals surface area contributed by atoms with Crippen LogP contribution in [0.15, 0.2) is 77.3 Å². The molecule has 1 atom stereocenters. The van der Waals surface area contributed by atoms with E-state index in [0.717, 1.165) is 22.3 Å². The quantitative estimate of drug-likeness (QED) is 0.441. The van der Waals surface area contributed by atoms with Crippen molar-refractivity contribution in [3.8, 4) is 5.75 Å². The van der Waals surface area contributed by atoms with Crippen LogP contribution in [-0.2, 0) is 13.2 Å². The molecule has 0 aliphatic carbocycles. The zero-order valence-corrected chi connectivity index (χ0v) is 18.0. The fourth-order valence-electron chi connectivity index (χ4n) is 2.79. The fourth-order valence-corrected chi connectivity index (χ4v) is 3.20. The Morgan fingerprint density at radius 2 is 1.67 bits per heavy atom. The maximum atomic E-state index is 6.10. The molecule has 0 aliphatic rings. The molecule has 3 aromatic rings. The van der Waals surface area contributed by atoms with E-state index in [1.807, 2.05) is 18.2 Å². The maximum absolute atomic E-state index is 6.10. The predicted octanol–water partition coefficient (Wildman–Crippen LogP) is 6.61. The minimum Gasteiger partial charge on any atom is -0.489 e. The standard InChI is InChI=1S/C23H24BrNO.ClH/c1-17-8-10-19(11-9-17)16-26-23-13-12-22(24)14-21(23)15-25-18(2)20-6-4-3-5-7-20;/h3-14,18,25H,15-16H2,1-2H3;1H. The second-order valence-electron chi connectivity index (χ2n) is 6.54. The smallest absolute Gasteiger partial charge is 0.124 e. The van der Waals surface area contributed by atoms with Gasteiger partial charge in [0.2, 0.25) is 0 Å². The van der Waals surface area contributed by atoms with Gasteiger partial charge in [-0.05, 0) is 43.2 Å². The van der Waals surface area contributed by atoms with Crippen LogP contribution in [0, 0.1) is 6.92 Å². The average molecular weight is 447 g/mol. The number of ether oxygens (including phenoxy) is 1. The molecule has 0 amide bonds. The number of benzene rings is 3. The van der Waals surface area contributed by atoms with Crippen molar-refractivity contribution >= 4 is 28.3 Å². The topological polar surface area (TPSA) is 21.3 Å². The summed E-state index contributed by atoms with van der Waals surface area (Å²) in [6.45, 7) is 5.60. The van der Waals surface area contributed by atoms with Gasteiger partial charge in [0, 0.05) is 22.6 Å². The molecule has 142 valence electrons. The molecular formula is C23H25BrClNO. The summed E-state index contributed by atoms with van der Waals surface area (Å²) in [4.78, 5) is 0. The highest BCUT2D eigenvalue weighted by Crippen LogP contribution is 2.25. The lowest BCUT2D eigenvalue weighted by atomic mass is 10.1. The van der Waals surface area contributed by atoms with Crippen LogP contribution >= 0.6 is 28.3 Å². The third-order valence-corrected chi connectivity index (χ3v) is 4.93. The van der Waals surface area contributed by atoms with E-state index in [9.17, 15) is 0 Å². The van der Waals surface area contributed by atoms with E-state index in [1.54, 1.807) is 0 Å². The molecular weight excluding hydrogens is 422 g/mol. The molecule has 27 heavy (non-hydrogen) atoms. The highest BCUT2D eigenvalue weighted by Gasteiger charge is 2.09. The molecule has 4 heteroatoms. The lowest BCUT2D eigenvalue weighted by Crippen LogP contribution is -2.18. The third-order valence-electron chi connectivity index (χ3n) is 4.44. The van der Waals surface area contributed by atoms with Crippen LogP contribution in [-0.4, -0.2) is 0 Å². The van der Waals surface area contributed by atoms with E-state index in [0.29, 0.717) is 6.61 Å². The average Bonchev–Trinajstić information content (AvgIpc) is 2.67. The van der Waals surface area contributed by atoms with Crippen molar-refractivity contribution in [1.29, 1.82) is 0 Å². The zero-order chi connectivity index (χ0) is 18.4. The van der Waals surface area contributed by atoms with Crippen molar-refractivity contribution in [2.45, 2.75) is 33.0 Å². The number of rotatable bonds is 7. The minimum atomic E-state index is 0. The van der Waals surface area contributed by atoms with Gasteiger partial charge in [0.05, 0.1) is 0 Å². The first-order valence-corrected chi connectivity index (χ1v) is 9.66. The molecule has 0 saturated heterocycles. The molecule has 2 nitrogen and oxygen atoms in total. The predicted molar refractivity (Wildman–Crippen MR) is 119 cm³/mol.